The predicted molar refractivity (Wildman–Crippen MR) is 251 cm³/mol. The molecule has 0 fully saturated rings. The van der Waals surface area contributed by atoms with Crippen molar-refractivity contribution in [3.63, 3.8) is 0 Å². The second kappa shape index (κ2) is 19.0. The Bertz CT molecular complexity index is 2570. The van der Waals surface area contributed by atoms with Gasteiger partial charge in [0.25, 0.3) is 10.1 Å². The van der Waals surface area contributed by atoms with Crippen molar-refractivity contribution in [1.29, 1.82) is 0 Å². The number of methoxy groups -OCH3 is 2. The molecule has 0 aromatic heterocycles. The molecule has 3 unspecified atom stereocenters. The molecule has 5 aromatic carbocycles. The summed E-state index contributed by atoms with van der Waals surface area (Å²) in [5.74, 6) is 2.61. The summed E-state index contributed by atoms with van der Waals surface area (Å²) in [6.45, 7) is 15.5. The summed E-state index contributed by atoms with van der Waals surface area (Å²) in [4.78, 5) is 0. The molecule has 1 heterocycles. The Morgan fingerprint density at radius 3 is 2.23 bits per heavy atom. The highest BCUT2D eigenvalue weighted by molar-refractivity contribution is 7.86. The molecule has 4 N–H and O–H groups in total. The number of rotatable bonds is 16. The lowest BCUT2D eigenvalue weighted by Crippen LogP contribution is -2.36. The zero-order valence-corrected chi connectivity index (χ0v) is 37.5. The van der Waals surface area contributed by atoms with Crippen LogP contribution in [0.15, 0.2) is 104 Å². The monoisotopic (exact) mass is 857 g/mol. The molecular weight excluding hydrogens is 799 g/mol. The molecule has 2 aliphatic rings. The number of nitrogens with one attached hydrogen (secondary N) is 3. The summed E-state index contributed by atoms with van der Waals surface area (Å²) >= 11 is 0. The van der Waals surface area contributed by atoms with Gasteiger partial charge in [-0.15, -0.1) is 0 Å². The largest absolute Gasteiger partial charge is 0.493 e. The lowest BCUT2D eigenvalue weighted by molar-refractivity contribution is 0.279. The Morgan fingerprint density at radius 1 is 0.903 bits per heavy atom. The van der Waals surface area contributed by atoms with Crippen LogP contribution in [0.2, 0.25) is 0 Å². The van der Waals surface area contributed by atoms with Gasteiger partial charge in [0.1, 0.15) is 13.2 Å². The molecule has 7 rings (SSSR count). The third-order valence-corrected chi connectivity index (χ3v) is 13.6. The first-order valence-electron chi connectivity index (χ1n) is 21.2. The third kappa shape index (κ3) is 9.90. The van der Waals surface area contributed by atoms with Crippen molar-refractivity contribution in [2.75, 3.05) is 43.8 Å². The maximum Gasteiger partial charge on any atom is 0.286 e. The molecule has 11 heteroatoms. The van der Waals surface area contributed by atoms with Gasteiger partial charge in [0.2, 0.25) is 0 Å². The number of hydrogen-bond donors (Lipinski definition) is 4. The van der Waals surface area contributed by atoms with E-state index in [-0.39, 0.29) is 13.2 Å². The van der Waals surface area contributed by atoms with Gasteiger partial charge in [0.15, 0.2) is 28.4 Å². The summed E-state index contributed by atoms with van der Waals surface area (Å²) in [6.07, 6.45) is 3.46. The third-order valence-electron chi connectivity index (χ3n) is 12.3. The van der Waals surface area contributed by atoms with Crippen molar-refractivity contribution >= 4 is 38.3 Å². The van der Waals surface area contributed by atoms with Gasteiger partial charge in [-0.05, 0) is 132 Å². The predicted octanol–water partition coefficient (Wildman–Crippen LogP) is 10.9. The first kappa shape index (κ1) is 44.2. The van der Waals surface area contributed by atoms with Crippen LogP contribution in [0.3, 0.4) is 0 Å². The van der Waals surface area contributed by atoms with Crippen LogP contribution < -0.4 is 34.9 Å². The second-order valence-corrected chi connectivity index (χ2v) is 18.3. The number of allylic oxidation sites excluding steroid dienone is 2. The van der Waals surface area contributed by atoms with E-state index in [1.165, 1.54) is 11.1 Å². The van der Waals surface area contributed by atoms with E-state index in [2.05, 4.69) is 53.4 Å². The minimum absolute atomic E-state index is 0.163. The number of fused-ring (bicyclic) bond motifs is 4. The highest BCUT2D eigenvalue weighted by atomic mass is 32.2. The Labute approximate surface area is 367 Å². The number of hydrogen-bond acceptors (Lipinski definition) is 9. The zero-order valence-electron chi connectivity index (χ0n) is 36.6. The van der Waals surface area contributed by atoms with Crippen molar-refractivity contribution < 1.29 is 31.9 Å². The molecule has 10 nitrogen and oxygen atoms in total. The van der Waals surface area contributed by atoms with Crippen LogP contribution in [0.1, 0.15) is 77.1 Å². The van der Waals surface area contributed by atoms with Gasteiger partial charge in [0, 0.05) is 53.9 Å². The van der Waals surface area contributed by atoms with Gasteiger partial charge in [-0.1, -0.05) is 68.6 Å². The fourth-order valence-corrected chi connectivity index (χ4v) is 9.96. The van der Waals surface area contributed by atoms with Crippen molar-refractivity contribution in [1.82, 2.24) is 0 Å². The van der Waals surface area contributed by atoms with E-state index in [9.17, 15) is 13.0 Å². The van der Waals surface area contributed by atoms with Crippen LogP contribution in [0.25, 0.3) is 11.1 Å². The standard InChI is InChI=1S/C51H59N3O7S/c1-31(2)43-24-47(58-7)50(27-46(43)54-51(62(55,56)57)34(5)19-37-14-10-9-13-32(37)3)61-30-36-20-35(21-40(22-36)52-6)29-60-49-26-45-44(25-48(49)59-8)33(4)17-18-42-39(28-53-45)23-38-15-11-12-16-41(38)42/h9-16,20-22,24-27,34,39,42,51-54H,1,4,17-19,23,28-30H2,2-3,5-8H3,(H,55,56,57)/t34?,39-,42?,51?/m0/s1. The van der Waals surface area contributed by atoms with Crippen molar-refractivity contribution in [3.8, 4) is 23.0 Å². The van der Waals surface area contributed by atoms with Crippen molar-refractivity contribution in [2.45, 2.75) is 71.0 Å². The lowest BCUT2D eigenvalue weighted by Gasteiger charge is -2.26. The van der Waals surface area contributed by atoms with Crippen LogP contribution in [0.5, 0.6) is 23.0 Å². The van der Waals surface area contributed by atoms with Crippen LogP contribution >= 0.6 is 0 Å². The molecular formula is C51H59N3O7S. The minimum Gasteiger partial charge on any atom is -0.493 e. The van der Waals surface area contributed by atoms with E-state index >= 15 is 0 Å². The van der Waals surface area contributed by atoms with Crippen LogP contribution in [0.4, 0.5) is 17.1 Å². The van der Waals surface area contributed by atoms with Gasteiger partial charge in [-0.2, -0.15) is 8.42 Å². The summed E-state index contributed by atoms with van der Waals surface area (Å²) in [5, 5.41) is 8.84. The minimum atomic E-state index is -4.54. The highest BCUT2D eigenvalue weighted by Gasteiger charge is 2.34. The fraction of sp³-hybridized carbons (Fsp3) is 0.333. The first-order chi connectivity index (χ1) is 29.8. The summed E-state index contributed by atoms with van der Waals surface area (Å²) < 4.78 is 60.9. The average molecular weight is 858 g/mol. The smallest absolute Gasteiger partial charge is 0.286 e. The van der Waals surface area contributed by atoms with Gasteiger partial charge < -0.3 is 34.9 Å². The molecule has 62 heavy (non-hydrogen) atoms. The van der Waals surface area contributed by atoms with E-state index in [4.69, 9.17) is 18.9 Å². The topological polar surface area (TPSA) is 127 Å². The molecule has 4 atom stereocenters. The molecule has 0 saturated heterocycles. The van der Waals surface area contributed by atoms with E-state index in [1.54, 1.807) is 33.3 Å². The van der Waals surface area contributed by atoms with E-state index in [0.29, 0.717) is 58.1 Å². The van der Waals surface area contributed by atoms with Gasteiger partial charge in [-0.25, -0.2) is 0 Å². The van der Waals surface area contributed by atoms with Crippen LogP contribution in [-0.2, 0) is 36.2 Å². The molecule has 0 amide bonds. The molecule has 0 spiro atoms. The Balaban J connectivity index is 1.09. The van der Waals surface area contributed by atoms with Crippen molar-refractivity contribution in [2.24, 2.45) is 11.8 Å². The maximum absolute atomic E-state index is 12.9. The van der Waals surface area contributed by atoms with Gasteiger partial charge >= 0.3 is 0 Å². The molecule has 1 aliphatic heterocycles. The number of ether oxygens (including phenoxy) is 4. The number of anilines is 3. The zero-order chi connectivity index (χ0) is 44.1. The lowest BCUT2D eigenvalue weighted by atomic mass is 9.87. The summed E-state index contributed by atoms with van der Waals surface area (Å²) in [6, 6.07) is 30.3. The SMILES string of the molecule is C=C(C)c1cc(OC)c(OCc2cc(COc3cc4c(cc3OC)C(=C)CCC3c5ccccc5C[C@H]3CN4)cc(NC)c2)cc1NC(C(C)Cc1ccccc1C)S(=O)(=O)O. The molecule has 0 bridgehead atoms. The molecule has 1 aliphatic carbocycles. The van der Waals surface area contributed by atoms with E-state index < -0.39 is 21.4 Å². The Kier molecular flexibility index (Phi) is 13.5. The quantitative estimate of drug-likeness (QED) is 0.0712. The Hall–Kier alpha value is -5.91. The van der Waals surface area contributed by atoms with Gasteiger partial charge in [-0.3, -0.25) is 4.55 Å². The second-order valence-electron chi connectivity index (χ2n) is 16.7. The molecule has 0 radical (unpaired) electrons. The van der Waals surface area contributed by atoms with Crippen molar-refractivity contribution in [3.05, 3.63) is 149 Å². The maximum atomic E-state index is 12.9. The fourth-order valence-electron chi connectivity index (χ4n) is 9.00. The number of aryl methyl sites for hydroxylation is 1. The molecule has 5 aromatic rings. The molecule has 326 valence electrons. The highest BCUT2D eigenvalue weighted by Crippen LogP contribution is 2.46. The molecule has 0 saturated carbocycles. The summed E-state index contributed by atoms with van der Waals surface area (Å²) in [7, 11) is 0.535. The summed E-state index contributed by atoms with van der Waals surface area (Å²) in [5.41, 5.74) is 12.5. The number of benzene rings is 5. The Morgan fingerprint density at radius 2 is 1.56 bits per heavy atom. The average Bonchev–Trinajstić information content (AvgIpc) is 3.63. The van der Waals surface area contributed by atoms with E-state index in [0.717, 1.165) is 70.6 Å². The van der Waals surface area contributed by atoms with Crippen LogP contribution in [-0.4, -0.2) is 46.2 Å². The van der Waals surface area contributed by atoms with E-state index in [1.807, 2.05) is 75.5 Å². The van der Waals surface area contributed by atoms with Crippen LogP contribution in [0, 0.1) is 18.8 Å². The normalized spacial score (nSPS) is 16.8. The van der Waals surface area contributed by atoms with Gasteiger partial charge in [0.05, 0.1) is 14.2 Å². The first-order valence-corrected chi connectivity index (χ1v) is 22.7.